The quantitative estimate of drug-likeness (QED) is 0.507. The fourth-order valence-electron chi connectivity index (χ4n) is 2.06. The molecule has 1 N–H and O–H groups in total. The smallest absolute Gasteiger partial charge is 0.224 e. The van der Waals surface area contributed by atoms with E-state index in [4.69, 9.17) is 0 Å². The van der Waals surface area contributed by atoms with E-state index in [9.17, 15) is 9.18 Å². The van der Waals surface area contributed by atoms with Gasteiger partial charge in [-0.05, 0) is 42.8 Å². The Bertz CT molecular complexity index is 769. The predicted molar refractivity (Wildman–Crippen MR) is 94.6 cm³/mol. The van der Waals surface area contributed by atoms with E-state index in [-0.39, 0.29) is 11.7 Å². The predicted octanol–water partition coefficient (Wildman–Crippen LogP) is 4.95. The maximum atomic E-state index is 12.8. The number of carbonyl (C=O) groups excluding carboxylic acids is 1. The largest absolute Gasteiger partial charge is 0.326 e. The number of nitrogens with zero attached hydrogens (tertiary/aromatic N) is 1. The Balaban J connectivity index is 1.42. The highest BCUT2D eigenvalue weighted by Gasteiger charge is 2.06. The Morgan fingerprint density at radius 2 is 1.96 bits per heavy atom. The van der Waals surface area contributed by atoms with Gasteiger partial charge in [-0.1, -0.05) is 23.9 Å². The number of halogens is 1. The molecule has 6 heteroatoms. The van der Waals surface area contributed by atoms with Gasteiger partial charge in [-0.2, -0.15) is 0 Å². The normalized spacial score (nSPS) is 10.8. The molecule has 0 fully saturated rings. The van der Waals surface area contributed by atoms with Gasteiger partial charge in [0.25, 0.3) is 0 Å². The molecule has 0 aliphatic carbocycles. The molecule has 0 saturated heterocycles. The van der Waals surface area contributed by atoms with Gasteiger partial charge in [0.1, 0.15) is 5.82 Å². The summed E-state index contributed by atoms with van der Waals surface area (Å²) in [7, 11) is 0. The first-order valence-electron chi connectivity index (χ1n) is 7.24. The molecule has 1 amide bonds. The first-order chi connectivity index (χ1) is 11.2. The molecule has 0 radical (unpaired) electrons. The third-order valence-electron chi connectivity index (χ3n) is 3.18. The zero-order chi connectivity index (χ0) is 16.1. The van der Waals surface area contributed by atoms with Gasteiger partial charge in [-0.15, -0.1) is 11.3 Å². The van der Waals surface area contributed by atoms with Crippen molar-refractivity contribution < 1.29 is 9.18 Å². The van der Waals surface area contributed by atoms with Gasteiger partial charge in [-0.25, -0.2) is 9.37 Å². The SMILES string of the molecule is O=C(CCCSc1nc2ccccc2s1)Nc1ccc(F)cc1. The van der Waals surface area contributed by atoms with Crippen molar-refractivity contribution in [3.63, 3.8) is 0 Å². The van der Waals surface area contributed by atoms with Crippen LogP contribution in [-0.2, 0) is 4.79 Å². The number of carbonyl (C=O) groups is 1. The molecule has 0 saturated carbocycles. The van der Waals surface area contributed by atoms with E-state index in [1.165, 1.54) is 16.8 Å². The van der Waals surface area contributed by atoms with Crippen LogP contribution in [-0.4, -0.2) is 16.6 Å². The minimum Gasteiger partial charge on any atom is -0.326 e. The number of para-hydroxylation sites is 1. The first kappa shape index (κ1) is 16.0. The average molecular weight is 346 g/mol. The van der Waals surface area contributed by atoms with Crippen LogP contribution in [0.15, 0.2) is 52.9 Å². The number of amides is 1. The van der Waals surface area contributed by atoms with Crippen LogP contribution < -0.4 is 5.32 Å². The van der Waals surface area contributed by atoms with Gasteiger partial charge in [0, 0.05) is 17.9 Å². The first-order valence-corrected chi connectivity index (χ1v) is 9.05. The van der Waals surface area contributed by atoms with E-state index in [0.717, 1.165) is 22.0 Å². The minimum absolute atomic E-state index is 0.0542. The number of thiazole rings is 1. The van der Waals surface area contributed by atoms with Crippen molar-refractivity contribution in [3.8, 4) is 0 Å². The van der Waals surface area contributed by atoms with Crippen LogP contribution in [0.2, 0.25) is 0 Å². The monoisotopic (exact) mass is 346 g/mol. The molecule has 0 aliphatic heterocycles. The molecule has 2 aromatic carbocycles. The van der Waals surface area contributed by atoms with Gasteiger partial charge < -0.3 is 5.32 Å². The highest BCUT2D eigenvalue weighted by Crippen LogP contribution is 2.29. The fourth-order valence-corrected chi connectivity index (χ4v) is 4.14. The summed E-state index contributed by atoms with van der Waals surface area (Å²) in [6.07, 6.45) is 1.21. The molecule has 118 valence electrons. The van der Waals surface area contributed by atoms with E-state index in [1.54, 1.807) is 35.2 Å². The van der Waals surface area contributed by atoms with Crippen LogP contribution >= 0.6 is 23.1 Å². The highest BCUT2D eigenvalue weighted by molar-refractivity contribution is 8.01. The second-order valence-corrected chi connectivity index (χ2v) is 7.33. The Labute approximate surface area is 141 Å². The Hall–Kier alpha value is -1.92. The number of rotatable bonds is 6. The summed E-state index contributed by atoms with van der Waals surface area (Å²) in [6.45, 7) is 0. The van der Waals surface area contributed by atoms with Crippen molar-refractivity contribution >= 4 is 44.9 Å². The van der Waals surface area contributed by atoms with Gasteiger partial charge in [-0.3, -0.25) is 4.79 Å². The van der Waals surface area contributed by atoms with Crippen molar-refractivity contribution in [1.82, 2.24) is 4.98 Å². The second-order valence-electron chi connectivity index (χ2n) is 4.95. The van der Waals surface area contributed by atoms with E-state index in [1.807, 2.05) is 18.2 Å². The lowest BCUT2D eigenvalue weighted by atomic mass is 10.3. The van der Waals surface area contributed by atoms with Crippen LogP contribution in [0.3, 0.4) is 0 Å². The molecule has 3 nitrogen and oxygen atoms in total. The number of nitrogens with one attached hydrogen (secondary N) is 1. The van der Waals surface area contributed by atoms with Gasteiger partial charge >= 0.3 is 0 Å². The fraction of sp³-hybridized carbons (Fsp3) is 0.176. The van der Waals surface area contributed by atoms with Crippen molar-refractivity contribution in [2.45, 2.75) is 17.2 Å². The molecule has 0 spiro atoms. The lowest BCUT2D eigenvalue weighted by Crippen LogP contribution is -2.11. The zero-order valence-corrected chi connectivity index (χ0v) is 13.9. The summed E-state index contributed by atoms with van der Waals surface area (Å²) in [5.41, 5.74) is 1.64. The number of thioether (sulfide) groups is 1. The summed E-state index contributed by atoms with van der Waals surface area (Å²) in [5.74, 6) is 0.480. The van der Waals surface area contributed by atoms with Gasteiger partial charge in [0.2, 0.25) is 5.91 Å². The lowest BCUT2D eigenvalue weighted by Gasteiger charge is -2.04. The van der Waals surface area contributed by atoms with Crippen molar-refractivity contribution in [2.24, 2.45) is 0 Å². The molecule has 0 bridgehead atoms. The Kier molecular flexibility index (Phi) is 5.25. The summed E-state index contributed by atoms with van der Waals surface area (Å²) >= 11 is 3.35. The molecule has 3 rings (SSSR count). The van der Waals surface area contributed by atoms with Crippen LogP contribution in [0.25, 0.3) is 10.2 Å². The average Bonchev–Trinajstić information content (AvgIpc) is 2.96. The second kappa shape index (κ2) is 7.57. The molecule has 0 unspecified atom stereocenters. The topological polar surface area (TPSA) is 42.0 Å². The maximum absolute atomic E-state index is 12.8. The van der Waals surface area contributed by atoms with E-state index in [0.29, 0.717) is 12.1 Å². The third-order valence-corrected chi connectivity index (χ3v) is 5.44. The van der Waals surface area contributed by atoms with Crippen molar-refractivity contribution in [1.29, 1.82) is 0 Å². The molecular formula is C17H15FN2OS2. The standard InChI is InChI=1S/C17H15FN2OS2/c18-12-7-9-13(10-8-12)19-16(21)6-3-11-22-17-20-14-4-1-2-5-15(14)23-17/h1-2,4-5,7-10H,3,6,11H2,(H,19,21). The number of fused-ring (bicyclic) bond motifs is 1. The molecule has 23 heavy (non-hydrogen) atoms. The molecule has 0 atom stereocenters. The lowest BCUT2D eigenvalue weighted by molar-refractivity contribution is -0.116. The Morgan fingerprint density at radius 3 is 2.74 bits per heavy atom. The Morgan fingerprint density at radius 1 is 1.17 bits per heavy atom. The molecule has 3 aromatic rings. The van der Waals surface area contributed by atoms with Crippen LogP contribution in [0.4, 0.5) is 10.1 Å². The molecular weight excluding hydrogens is 331 g/mol. The van der Waals surface area contributed by atoms with E-state index >= 15 is 0 Å². The van der Waals surface area contributed by atoms with Crippen molar-refractivity contribution in [3.05, 3.63) is 54.3 Å². The number of hydrogen-bond donors (Lipinski definition) is 1. The number of aromatic nitrogens is 1. The molecule has 1 heterocycles. The third kappa shape index (κ3) is 4.53. The summed E-state index contributed by atoms with van der Waals surface area (Å²) < 4.78 is 15.0. The van der Waals surface area contributed by atoms with Gasteiger partial charge in [0.15, 0.2) is 4.34 Å². The van der Waals surface area contributed by atoms with Crippen LogP contribution in [0.5, 0.6) is 0 Å². The maximum Gasteiger partial charge on any atom is 0.224 e. The number of hydrogen-bond acceptors (Lipinski definition) is 4. The van der Waals surface area contributed by atoms with Gasteiger partial charge in [0.05, 0.1) is 10.2 Å². The summed E-state index contributed by atoms with van der Waals surface area (Å²) in [6, 6.07) is 13.8. The molecule has 1 aromatic heterocycles. The minimum atomic E-state index is -0.310. The number of anilines is 1. The highest BCUT2D eigenvalue weighted by atomic mass is 32.2. The summed E-state index contributed by atoms with van der Waals surface area (Å²) in [4.78, 5) is 16.4. The van der Waals surface area contributed by atoms with E-state index < -0.39 is 0 Å². The van der Waals surface area contributed by atoms with E-state index in [2.05, 4.69) is 16.4 Å². The zero-order valence-electron chi connectivity index (χ0n) is 12.3. The van der Waals surface area contributed by atoms with Crippen LogP contribution in [0, 0.1) is 5.82 Å². The summed E-state index contributed by atoms with van der Waals surface area (Å²) in [5, 5.41) is 2.76. The number of benzene rings is 2. The van der Waals surface area contributed by atoms with Crippen LogP contribution in [0.1, 0.15) is 12.8 Å². The van der Waals surface area contributed by atoms with Crippen molar-refractivity contribution in [2.75, 3.05) is 11.1 Å². The molecule has 0 aliphatic rings.